The van der Waals surface area contributed by atoms with E-state index in [1.807, 2.05) is 31.2 Å². The molecule has 0 aromatic heterocycles. The Balaban J connectivity index is 1.93. The Kier molecular flexibility index (Phi) is 4.63. The molecule has 1 aromatic rings. The third-order valence-corrected chi connectivity index (χ3v) is 3.42. The molecule has 0 saturated heterocycles. The Labute approximate surface area is 118 Å². The molecule has 0 saturated carbocycles. The van der Waals surface area contributed by atoms with Crippen molar-refractivity contribution in [1.82, 2.24) is 5.32 Å². The van der Waals surface area contributed by atoms with Gasteiger partial charge in [0.05, 0.1) is 7.11 Å². The number of anilines is 1. The van der Waals surface area contributed by atoms with Gasteiger partial charge in [-0.05, 0) is 25.0 Å². The Morgan fingerprint density at radius 3 is 2.90 bits per heavy atom. The lowest BCUT2D eigenvalue weighted by atomic mass is 10.1. The lowest BCUT2D eigenvalue weighted by Crippen LogP contribution is -2.36. The van der Waals surface area contributed by atoms with E-state index in [1.54, 1.807) is 13.2 Å². The van der Waals surface area contributed by atoms with Crippen LogP contribution in [0.15, 0.2) is 30.4 Å². The third kappa shape index (κ3) is 3.51. The molecular weight excluding hydrogens is 256 g/mol. The number of carbonyl (C=O) groups excluding carboxylic acids is 1. The van der Waals surface area contributed by atoms with E-state index in [0.717, 1.165) is 17.7 Å². The van der Waals surface area contributed by atoms with E-state index in [2.05, 4.69) is 10.6 Å². The number of methoxy groups -OCH3 is 1. The van der Waals surface area contributed by atoms with Crippen LogP contribution in [0.5, 0.6) is 5.75 Å². The van der Waals surface area contributed by atoms with Gasteiger partial charge in [-0.25, -0.2) is 4.79 Å². The number of aryl methyl sites for hydroxylation is 1. The van der Waals surface area contributed by atoms with E-state index in [9.17, 15) is 4.79 Å². The minimum atomic E-state index is -0.255. The number of amides is 2. The molecule has 0 spiro atoms. The predicted octanol–water partition coefficient (Wildman–Crippen LogP) is 2.06. The van der Waals surface area contributed by atoms with Gasteiger partial charge in [-0.2, -0.15) is 0 Å². The average molecular weight is 276 g/mol. The van der Waals surface area contributed by atoms with Crippen LogP contribution in [0.3, 0.4) is 0 Å². The van der Waals surface area contributed by atoms with Gasteiger partial charge in [0.15, 0.2) is 0 Å². The molecule has 1 aromatic carbocycles. The summed E-state index contributed by atoms with van der Waals surface area (Å²) in [4.78, 5) is 12.0. The van der Waals surface area contributed by atoms with Gasteiger partial charge >= 0.3 is 6.03 Å². The molecule has 5 heteroatoms. The summed E-state index contributed by atoms with van der Waals surface area (Å²) in [7, 11) is 1.59. The monoisotopic (exact) mass is 276 g/mol. The first kappa shape index (κ1) is 14.4. The lowest BCUT2D eigenvalue weighted by Gasteiger charge is -2.15. The normalized spacial score (nSPS) is 20.8. The van der Waals surface area contributed by atoms with Crippen LogP contribution in [0.2, 0.25) is 0 Å². The van der Waals surface area contributed by atoms with Crippen LogP contribution in [-0.2, 0) is 0 Å². The van der Waals surface area contributed by atoms with Gasteiger partial charge in [0.25, 0.3) is 0 Å². The van der Waals surface area contributed by atoms with Crippen LogP contribution < -0.4 is 15.4 Å². The molecule has 1 aliphatic rings. The van der Waals surface area contributed by atoms with Crippen molar-refractivity contribution >= 4 is 11.7 Å². The first-order valence-corrected chi connectivity index (χ1v) is 6.63. The van der Waals surface area contributed by atoms with Crippen LogP contribution in [0.25, 0.3) is 0 Å². The number of benzene rings is 1. The number of aliphatic hydroxyl groups is 1. The number of ether oxygens (including phenoxy) is 1. The highest BCUT2D eigenvalue weighted by molar-refractivity contribution is 5.90. The Morgan fingerprint density at radius 1 is 1.45 bits per heavy atom. The summed E-state index contributed by atoms with van der Waals surface area (Å²) in [5, 5.41) is 14.7. The van der Waals surface area contributed by atoms with E-state index >= 15 is 0 Å². The van der Waals surface area contributed by atoms with Gasteiger partial charge < -0.3 is 20.5 Å². The molecule has 2 rings (SSSR count). The number of hydrogen-bond donors (Lipinski definition) is 3. The van der Waals surface area contributed by atoms with Crippen molar-refractivity contribution in [2.75, 3.05) is 19.0 Å². The number of rotatable bonds is 4. The lowest BCUT2D eigenvalue weighted by molar-refractivity contribution is 0.238. The Morgan fingerprint density at radius 2 is 2.25 bits per heavy atom. The molecule has 2 amide bonds. The average Bonchev–Trinajstić information content (AvgIpc) is 2.88. The van der Waals surface area contributed by atoms with Crippen LogP contribution in [0.1, 0.15) is 12.0 Å². The summed E-state index contributed by atoms with van der Waals surface area (Å²) in [5.41, 5.74) is 1.69. The summed E-state index contributed by atoms with van der Waals surface area (Å²) in [5.74, 6) is 0.839. The Bertz CT molecular complexity index is 514. The summed E-state index contributed by atoms with van der Waals surface area (Å²) < 4.78 is 5.14. The molecule has 0 aliphatic heterocycles. The molecule has 1 aliphatic carbocycles. The molecule has 2 atom stereocenters. The van der Waals surface area contributed by atoms with Crippen LogP contribution in [0.4, 0.5) is 10.5 Å². The molecule has 3 N–H and O–H groups in total. The second-order valence-corrected chi connectivity index (χ2v) is 4.95. The molecule has 0 bridgehead atoms. The van der Waals surface area contributed by atoms with E-state index < -0.39 is 0 Å². The first-order valence-electron chi connectivity index (χ1n) is 6.63. The smallest absolute Gasteiger partial charge is 0.319 e. The minimum absolute atomic E-state index is 0.0296. The summed E-state index contributed by atoms with van der Waals surface area (Å²) >= 11 is 0. The van der Waals surface area contributed by atoms with E-state index in [4.69, 9.17) is 9.84 Å². The van der Waals surface area contributed by atoms with E-state index in [-0.39, 0.29) is 24.6 Å². The zero-order chi connectivity index (χ0) is 14.5. The number of urea groups is 1. The standard InChI is InChI=1S/C15H20N2O3/c1-10-3-6-13(20-2)8-14(10)17-15(19)16-12-5-4-11(7-12)9-18/h3-6,8,11-12,18H,7,9H2,1-2H3,(H2,16,17,19)/t11-,12+/m0/s1. The molecule has 0 heterocycles. The molecule has 0 unspecified atom stereocenters. The largest absolute Gasteiger partial charge is 0.497 e. The van der Waals surface area contributed by atoms with Crippen LogP contribution >= 0.6 is 0 Å². The number of aliphatic hydroxyl groups excluding tert-OH is 1. The van der Waals surface area contributed by atoms with Gasteiger partial charge in [0, 0.05) is 30.3 Å². The van der Waals surface area contributed by atoms with Crippen molar-refractivity contribution in [3.05, 3.63) is 35.9 Å². The zero-order valence-electron chi connectivity index (χ0n) is 11.7. The summed E-state index contributed by atoms with van der Waals surface area (Å²) in [6.45, 7) is 2.04. The number of nitrogens with one attached hydrogen (secondary N) is 2. The maximum Gasteiger partial charge on any atom is 0.319 e. The summed E-state index contributed by atoms with van der Waals surface area (Å²) in [6, 6.07) is 5.25. The SMILES string of the molecule is COc1ccc(C)c(NC(=O)N[C@@H]2C=C[C@H](CO)C2)c1. The van der Waals surface area contributed by atoms with Crippen molar-refractivity contribution in [3.63, 3.8) is 0 Å². The molecule has 5 nitrogen and oxygen atoms in total. The van der Waals surface area contributed by atoms with Crippen molar-refractivity contribution in [1.29, 1.82) is 0 Å². The van der Waals surface area contributed by atoms with Crippen LogP contribution in [0, 0.1) is 12.8 Å². The molecule has 20 heavy (non-hydrogen) atoms. The predicted molar refractivity (Wildman–Crippen MR) is 78.0 cm³/mol. The van der Waals surface area contributed by atoms with Crippen LogP contribution in [-0.4, -0.2) is 30.9 Å². The van der Waals surface area contributed by atoms with Crippen molar-refractivity contribution in [2.45, 2.75) is 19.4 Å². The second kappa shape index (κ2) is 6.43. The zero-order valence-corrected chi connectivity index (χ0v) is 11.7. The molecule has 108 valence electrons. The highest BCUT2D eigenvalue weighted by atomic mass is 16.5. The molecular formula is C15H20N2O3. The fourth-order valence-corrected chi connectivity index (χ4v) is 2.21. The molecule has 0 radical (unpaired) electrons. The van der Waals surface area contributed by atoms with Gasteiger partial charge in [0.1, 0.15) is 5.75 Å². The van der Waals surface area contributed by atoms with Crippen molar-refractivity contribution < 1.29 is 14.6 Å². The van der Waals surface area contributed by atoms with E-state index in [1.165, 1.54) is 0 Å². The van der Waals surface area contributed by atoms with Crippen molar-refractivity contribution in [3.8, 4) is 5.75 Å². The third-order valence-electron chi connectivity index (χ3n) is 3.42. The van der Waals surface area contributed by atoms with Gasteiger partial charge in [0.2, 0.25) is 0 Å². The molecule has 0 fully saturated rings. The first-order chi connectivity index (χ1) is 9.62. The highest BCUT2D eigenvalue weighted by Crippen LogP contribution is 2.22. The number of carbonyl (C=O) groups is 1. The van der Waals surface area contributed by atoms with Gasteiger partial charge in [-0.15, -0.1) is 0 Å². The highest BCUT2D eigenvalue weighted by Gasteiger charge is 2.19. The van der Waals surface area contributed by atoms with Crippen molar-refractivity contribution in [2.24, 2.45) is 5.92 Å². The quantitative estimate of drug-likeness (QED) is 0.737. The fourth-order valence-electron chi connectivity index (χ4n) is 2.21. The fraction of sp³-hybridized carbons (Fsp3) is 0.400. The van der Waals surface area contributed by atoms with Gasteiger partial charge in [-0.3, -0.25) is 0 Å². The topological polar surface area (TPSA) is 70.6 Å². The van der Waals surface area contributed by atoms with Gasteiger partial charge in [-0.1, -0.05) is 18.2 Å². The number of hydrogen-bond acceptors (Lipinski definition) is 3. The Hall–Kier alpha value is -2.01. The van der Waals surface area contributed by atoms with E-state index in [0.29, 0.717) is 5.75 Å². The minimum Gasteiger partial charge on any atom is -0.497 e. The summed E-state index contributed by atoms with van der Waals surface area (Å²) in [6.07, 6.45) is 4.58. The second-order valence-electron chi connectivity index (χ2n) is 4.95. The maximum atomic E-state index is 12.0. The maximum absolute atomic E-state index is 12.0.